The number of nitrogens with two attached hydrogens (primary N) is 1. The van der Waals surface area contributed by atoms with Crippen molar-refractivity contribution in [1.29, 1.82) is 0 Å². The van der Waals surface area contributed by atoms with Gasteiger partial charge in [0.2, 0.25) is 5.89 Å². The summed E-state index contributed by atoms with van der Waals surface area (Å²) in [6, 6.07) is 5.59. The smallest absolute Gasteiger partial charge is 0.361 e. The first-order valence-corrected chi connectivity index (χ1v) is 7.31. The molecule has 26 heavy (non-hydrogen) atoms. The molecule has 3 rings (SSSR count). The zero-order chi connectivity index (χ0) is 18.7. The summed E-state index contributed by atoms with van der Waals surface area (Å²) in [6.07, 6.45) is 1.81. The lowest BCUT2D eigenvalue weighted by atomic mass is 10.2. The van der Waals surface area contributed by atoms with Crippen molar-refractivity contribution in [2.75, 3.05) is 5.73 Å². The first kappa shape index (κ1) is 17.0. The van der Waals surface area contributed by atoms with Crippen LogP contribution in [0.2, 0.25) is 0 Å². The Balaban J connectivity index is 1.73. The van der Waals surface area contributed by atoms with Crippen LogP contribution < -0.4 is 5.73 Å². The maximum absolute atomic E-state index is 12.1. The molecule has 0 fully saturated rings. The molecule has 0 aliphatic carbocycles. The molecule has 2 aromatic heterocycles. The number of rotatable bonds is 5. The first-order chi connectivity index (χ1) is 12.5. The summed E-state index contributed by atoms with van der Waals surface area (Å²) in [5, 5.41) is 18.3. The zero-order valence-corrected chi connectivity index (χ0v) is 13.4. The molecule has 11 heteroatoms. The van der Waals surface area contributed by atoms with Crippen molar-refractivity contribution in [1.82, 2.24) is 20.2 Å². The van der Waals surface area contributed by atoms with E-state index >= 15 is 0 Å². The van der Waals surface area contributed by atoms with Gasteiger partial charge >= 0.3 is 5.97 Å². The fourth-order valence-electron chi connectivity index (χ4n) is 2.01. The van der Waals surface area contributed by atoms with Crippen molar-refractivity contribution in [3.63, 3.8) is 0 Å². The van der Waals surface area contributed by atoms with Gasteiger partial charge in [0.15, 0.2) is 17.6 Å². The first-order valence-electron chi connectivity index (χ1n) is 7.31. The number of carbonyl (C=O) groups excluding carboxylic acids is 1. The van der Waals surface area contributed by atoms with Crippen molar-refractivity contribution in [2.45, 2.75) is 13.0 Å². The number of benzene rings is 1. The zero-order valence-electron chi connectivity index (χ0n) is 13.4. The number of nitrogens with zero attached hydrogens (tertiary/aromatic N) is 5. The van der Waals surface area contributed by atoms with Crippen LogP contribution >= 0.6 is 0 Å². The third-order valence-electron chi connectivity index (χ3n) is 3.32. The minimum Gasteiger partial charge on any atom is -0.448 e. The van der Waals surface area contributed by atoms with Gasteiger partial charge in [-0.25, -0.2) is 14.8 Å². The summed E-state index contributed by atoms with van der Waals surface area (Å²) < 4.78 is 10.7. The predicted octanol–water partition coefficient (Wildman–Crippen LogP) is 1.93. The lowest BCUT2D eigenvalue weighted by Gasteiger charge is -2.09. The highest BCUT2D eigenvalue weighted by atomic mass is 16.6. The summed E-state index contributed by atoms with van der Waals surface area (Å²) in [5.41, 5.74) is 5.89. The Morgan fingerprint density at radius 1 is 1.23 bits per heavy atom. The second-order valence-electron chi connectivity index (χ2n) is 5.09. The largest absolute Gasteiger partial charge is 0.448 e. The molecule has 0 amide bonds. The summed E-state index contributed by atoms with van der Waals surface area (Å²) in [4.78, 5) is 29.8. The Morgan fingerprint density at radius 2 is 1.92 bits per heavy atom. The van der Waals surface area contributed by atoms with E-state index in [1.54, 1.807) is 0 Å². The van der Waals surface area contributed by atoms with Gasteiger partial charge in [-0.05, 0) is 19.1 Å². The summed E-state index contributed by atoms with van der Waals surface area (Å²) in [5.74, 6) is -0.647. The molecule has 0 saturated heterocycles. The molecule has 0 spiro atoms. The summed E-state index contributed by atoms with van der Waals surface area (Å²) in [7, 11) is 0. The van der Waals surface area contributed by atoms with Gasteiger partial charge in [-0.15, -0.1) is 10.2 Å². The maximum Gasteiger partial charge on any atom is 0.361 e. The van der Waals surface area contributed by atoms with Gasteiger partial charge < -0.3 is 14.9 Å². The molecule has 11 nitrogen and oxygen atoms in total. The van der Waals surface area contributed by atoms with E-state index in [-0.39, 0.29) is 29.0 Å². The van der Waals surface area contributed by atoms with E-state index in [9.17, 15) is 14.9 Å². The average Bonchev–Trinajstić information content (AvgIpc) is 3.12. The number of carbonyl (C=O) groups is 1. The van der Waals surface area contributed by atoms with Crippen LogP contribution in [0.4, 0.5) is 11.5 Å². The maximum atomic E-state index is 12.1. The number of hydrogen-bond acceptors (Lipinski definition) is 10. The van der Waals surface area contributed by atoms with E-state index < -0.39 is 17.0 Å². The lowest BCUT2D eigenvalue weighted by molar-refractivity contribution is -0.384. The Hall–Kier alpha value is -3.89. The van der Waals surface area contributed by atoms with Crippen LogP contribution in [0.25, 0.3) is 11.5 Å². The van der Waals surface area contributed by atoms with E-state index in [2.05, 4.69) is 20.2 Å². The summed E-state index contributed by atoms with van der Waals surface area (Å²) >= 11 is 0. The third kappa shape index (κ3) is 3.45. The van der Waals surface area contributed by atoms with Gasteiger partial charge in [-0.3, -0.25) is 10.1 Å². The molecule has 132 valence electrons. The van der Waals surface area contributed by atoms with Gasteiger partial charge in [0.1, 0.15) is 0 Å². The molecule has 2 heterocycles. The Morgan fingerprint density at radius 3 is 2.58 bits per heavy atom. The Bertz CT molecular complexity index is 955. The fourth-order valence-corrected chi connectivity index (χ4v) is 2.01. The van der Waals surface area contributed by atoms with Crippen molar-refractivity contribution in [2.24, 2.45) is 0 Å². The van der Waals surface area contributed by atoms with Crippen molar-refractivity contribution < 1.29 is 18.9 Å². The van der Waals surface area contributed by atoms with Gasteiger partial charge in [0.25, 0.3) is 11.6 Å². The average molecular weight is 356 g/mol. The molecule has 3 aromatic rings. The van der Waals surface area contributed by atoms with Gasteiger partial charge in [-0.1, -0.05) is 0 Å². The van der Waals surface area contributed by atoms with Crippen molar-refractivity contribution >= 4 is 17.5 Å². The van der Waals surface area contributed by atoms with E-state index in [1.165, 1.54) is 43.6 Å². The number of esters is 1. The molecule has 0 radical (unpaired) electrons. The number of hydrogen-bond donors (Lipinski definition) is 1. The lowest BCUT2D eigenvalue weighted by Crippen LogP contribution is -2.14. The number of nitrogen functional groups attached to an aromatic ring is 1. The minimum absolute atomic E-state index is 0.0502. The van der Waals surface area contributed by atoms with Crippen LogP contribution in [0.1, 0.15) is 29.4 Å². The molecule has 1 aromatic carbocycles. The number of aromatic nitrogens is 4. The van der Waals surface area contributed by atoms with E-state index in [4.69, 9.17) is 14.9 Å². The molecular formula is C15H12N6O5. The normalized spacial score (nSPS) is 11.7. The van der Waals surface area contributed by atoms with E-state index in [1.807, 2.05) is 0 Å². The quantitative estimate of drug-likeness (QED) is 0.406. The minimum atomic E-state index is -0.858. The van der Waals surface area contributed by atoms with Crippen molar-refractivity contribution in [3.05, 3.63) is 58.4 Å². The van der Waals surface area contributed by atoms with Crippen molar-refractivity contribution in [3.8, 4) is 11.5 Å². The van der Waals surface area contributed by atoms with Crippen LogP contribution in [-0.2, 0) is 4.74 Å². The highest BCUT2D eigenvalue weighted by Crippen LogP contribution is 2.24. The second kappa shape index (κ2) is 6.93. The molecule has 0 aliphatic rings. The third-order valence-corrected chi connectivity index (χ3v) is 3.32. The number of non-ortho nitro benzene ring substituents is 1. The SMILES string of the molecule is C[C@H](OC(=O)c1nccnc1N)c1nnc(-c2ccc([N+](=O)[O-])cc2)o1. The Labute approximate surface area is 146 Å². The van der Waals surface area contributed by atoms with Gasteiger partial charge in [-0.2, -0.15) is 0 Å². The number of anilines is 1. The topological polar surface area (TPSA) is 160 Å². The molecule has 0 saturated carbocycles. The monoisotopic (exact) mass is 356 g/mol. The fraction of sp³-hybridized carbons (Fsp3) is 0.133. The molecule has 1 atom stereocenters. The van der Waals surface area contributed by atoms with Gasteiger partial charge in [0, 0.05) is 30.1 Å². The number of ether oxygens (including phenoxy) is 1. The van der Waals surface area contributed by atoms with Gasteiger partial charge in [0.05, 0.1) is 4.92 Å². The molecule has 0 aliphatic heterocycles. The molecule has 2 N–H and O–H groups in total. The number of nitro groups is 1. The van der Waals surface area contributed by atoms with E-state index in [0.717, 1.165) is 0 Å². The standard InChI is InChI=1S/C15H12N6O5/c1-8(25-15(22)11-12(16)18-7-6-17-11)13-19-20-14(26-13)9-2-4-10(5-3-9)21(23)24/h2-8H,1H3,(H2,16,18)/t8-/m0/s1. The molecule has 0 unspecified atom stereocenters. The Kier molecular flexibility index (Phi) is 4.51. The molecule has 0 bridgehead atoms. The summed E-state index contributed by atoms with van der Waals surface area (Å²) in [6.45, 7) is 1.54. The van der Waals surface area contributed by atoms with Crippen LogP contribution in [0.5, 0.6) is 0 Å². The van der Waals surface area contributed by atoms with Crippen LogP contribution in [-0.4, -0.2) is 31.1 Å². The number of nitro benzene ring substituents is 1. The van der Waals surface area contributed by atoms with Crippen LogP contribution in [0.15, 0.2) is 41.1 Å². The predicted molar refractivity (Wildman–Crippen MR) is 86.7 cm³/mol. The highest BCUT2D eigenvalue weighted by Gasteiger charge is 2.22. The molecular weight excluding hydrogens is 344 g/mol. The van der Waals surface area contributed by atoms with E-state index in [0.29, 0.717) is 5.56 Å². The van der Waals surface area contributed by atoms with Crippen LogP contribution in [0.3, 0.4) is 0 Å². The second-order valence-corrected chi connectivity index (χ2v) is 5.09. The highest BCUT2D eigenvalue weighted by molar-refractivity contribution is 5.91. The van der Waals surface area contributed by atoms with Crippen LogP contribution in [0, 0.1) is 10.1 Å².